The van der Waals surface area contributed by atoms with Crippen LogP contribution in [0.3, 0.4) is 0 Å². The zero-order valence-corrected chi connectivity index (χ0v) is 12.6. The Morgan fingerprint density at radius 2 is 1.21 bits per heavy atom. The van der Waals surface area contributed by atoms with E-state index in [-0.39, 0.29) is 0 Å². The molecule has 19 heavy (non-hydrogen) atoms. The number of hydrogen-bond donors (Lipinski definition) is 2. The minimum Gasteiger partial charge on any atom is -0.481 e. The van der Waals surface area contributed by atoms with Crippen molar-refractivity contribution in [3.05, 3.63) is 24.2 Å². The van der Waals surface area contributed by atoms with Crippen molar-refractivity contribution in [2.45, 2.75) is 84.0 Å². The van der Waals surface area contributed by atoms with Gasteiger partial charge in [-0.3, -0.25) is 0 Å². The molecular weight excluding hydrogens is 236 g/mol. The van der Waals surface area contributed by atoms with Crippen molar-refractivity contribution in [2.75, 3.05) is 0 Å². The molecule has 0 atom stereocenters. The van der Waals surface area contributed by atoms with Gasteiger partial charge in [0.05, 0.1) is 0 Å². The van der Waals surface area contributed by atoms with E-state index in [1.807, 2.05) is 6.08 Å². The van der Waals surface area contributed by atoms with Gasteiger partial charge in [0, 0.05) is 6.08 Å². The summed E-state index contributed by atoms with van der Waals surface area (Å²) >= 11 is 0. The second-order valence-corrected chi connectivity index (χ2v) is 5.28. The van der Waals surface area contributed by atoms with Gasteiger partial charge in [-0.2, -0.15) is 0 Å². The van der Waals surface area contributed by atoms with Gasteiger partial charge >= 0.3 is 0 Å². The molecule has 0 saturated heterocycles. The van der Waals surface area contributed by atoms with Gasteiger partial charge in [-0.15, -0.1) is 0 Å². The number of hydrogen-bond acceptors (Lipinski definition) is 2. The van der Waals surface area contributed by atoms with Gasteiger partial charge in [-0.05, 0) is 12.8 Å². The van der Waals surface area contributed by atoms with E-state index in [1.54, 1.807) is 6.08 Å². The Kier molecular flexibility index (Phi) is 14.4. The molecule has 0 rings (SSSR count). The van der Waals surface area contributed by atoms with E-state index < -0.39 is 5.95 Å². The molecular formula is C17H32O2. The molecule has 0 spiro atoms. The van der Waals surface area contributed by atoms with E-state index >= 15 is 0 Å². The van der Waals surface area contributed by atoms with E-state index in [2.05, 4.69) is 6.92 Å². The maximum atomic E-state index is 8.51. The largest absolute Gasteiger partial charge is 0.481 e. The highest BCUT2D eigenvalue weighted by molar-refractivity contribution is 5.01. The molecule has 0 aliphatic rings. The minimum absolute atomic E-state index is 0.616. The van der Waals surface area contributed by atoms with E-state index in [0.29, 0.717) is 0 Å². The molecule has 0 aromatic rings. The molecule has 2 N–H and O–H groups in total. The maximum absolute atomic E-state index is 8.51. The maximum Gasteiger partial charge on any atom is 0.274 e. The van der Waals surface area contributed by atoms with Crippen molar-refractivity contribution in [1.82, 2.24) is 0 Å². The normalized spacial score (nSPS) is 11.0. The summed E-state index contributed by atoms with van der Waals surface area (Å²) in [5.74, 6) is -0.616. The van der Waals surface area contributed by atoms with Crippen LogP contribution < -0.4 is 0 Å². The molecule has 112 valence electrons. The van der Waals surface area contributed by atoms with Gasteiger partial charge in [0.2, 0.25) is 0 Å². The Hall–Kier alpha value is -0.920. The number of aliphatic hydroxyl groups is 2. The zero-order valence-electron chi connectivity index (χ0n) is 12.6. The number of aliphatic hydroxyl groups excluding tert-OH is 1. The van der Waals surface area contributed by atoms with Crippen LogP contribution in [-0.2, 0) is 0 Å². The monoisotopic (exact) mass is 268 g/mol. The predicted molar refractivity (Wildman–Crippen MR) is 83.6 cm³/mol. The smallest absolute Gasteiger partial charge is 0.274 e. The van der Waals surface area contributed by atoms with Crippen molar-refractivity contribution >= 4 is 0 Å². The average molecular weight is 268 g/mol. The summed E-state index contributed by atoms with van der Waals surface area (Å²) in [4.78, 5) is 0. The number of rotatable bonds is 13. The van der Waals surface area contributed by atoms with E-state index in [4.69, 9.17) is 10.2 Å². The zero-order chi connectivity index (χ0) is 14.2. The topological polar surface area (TPSA) is 40.5 Å². The number of allylic oxidation sites excluding steroid dienone is 3. The second-order valence-electron chi connectivity index (χ2n) is 5.28. The van der Waals surface area contributed by atoms with Crippen LogP contribution in [0.4, 0.5) is 0 Å². The lowest BCUT2D eigenvalue weighted by atomic mass is 10.1. The van der Waals surface area contributed by atoms with Crippen LogP contribution in [0.25, 0.3) is 0 Å². The van der Waals surface area contributed by atoms with Crippen LogP contribution in [0.15, 0.2) is 24.2 Å². The molecule has 0 heterocycles. The predicted octanol–water partition coefficient (Wildman–Crippen LogP) is 6.20. The Labute approximate surface area is 119 Å². The highest BCUT2D eigenvalue weighted by atomic mass is 16.5. The molecule has 2 heteroatoms. The molecule has 0 bridgehead atoms. The van der Waals surface area contributed by atoms with Gasteiger partial charge in [-0.1, -0.05) is 83.3 Å². The van der Waals surface area contributed by atoms with Gasteiger partial charge < -0.3 is 10.2 Å². The number of unbranched alkanes of at least 4 members (excludes halogenated alkanes) is 11. The van der Waals surface area contributed by atoms with Crippen LogP contribution >= 0.6 is 0 Å². The molecule has 0 radical (unpaired) electrons. The molecule has 0 fully saturated rings. The van der Waals surface area contributed by atoms with Crippen LogP contribution in [0.2, 0.25) is 0 Å². The second kappa shape index (κ2) is 15.1. The van der Waals surface area contributed by atoms with E-state index in [9.17, 15) is 0 Å². The Bertz CT molecular complexity index is 227. The minimum atomic E-state index is -0.616. The van der Waals surface area contributed by atoms with Gasteiger partial charge in [0.1, 0.15) is 0 Å². The SMILES string of the molecule is CCCCCCCCCCCCCC=CC=C(O)O. The van der Waals surface area contributed by atoms with E-state index in [1.165, 1.54) is 76.7 Å². The van der Waals surface area contributed by atoms with Gasteiger partial charge in [0.15, 0.2) is 0 Å². The first kappa shape index (κ1) is 18.1. The molecule has 0 amide bonds. The average Bonchev–Trinajstić information content (AvgIpc) is 2.39. The molecule has 0 aliphatic heterocycles. The molecule has 0 aromatic heterocycles. The highest BCUT2D eigenvalue weighted by Gasteiger charge is 1.92. The van der Waals surface area contributed by atoms with Crippen molar-refractivity contribution in [3.63, 3.8) is 0 Å². The molecule has 0 saturated carbocycles. The lowest BCUT2D eigenvalue weighted by Gasteiger charge is -2.01. The summed E-state index contributed by atoms with van der Waals surface area (Å²) in [5, 5.41) is 17.0. The third-order valence-corrected chi connectivity index (χ3v) is 3.36. The lowest BCUT2D eigenvalue weighted by molar-refractivity contribution is 0.191. The third-order valence-electron chi connectivity index (χ3n) is 3.36. The van der Waals surface area contributed by atoms with Crippen LogP contribution in [0, 0.1) is 0 Å². The van der Waals surface area contributed by atoms with E-state index in [0.717, 1.165) is 6.42 Å². The van der Waals surface area contributed by atoms with Crippen LogP contribution in [-0.4, -0.2) is 10.2 Å². The highest BCUT2D eigenvalue weighted by Crippen LogP contribution is 2.11. The molecule has 0 unspecified atom stereocenters. The summed E-state index contributed by atoms with van der Waals surface area (Å²) in [7, 11) is 0. The van der Waals surface area contributed by atoms with Gasteiger partial charge in [0.25, 0.3) is 5.95 Å². The quantitative estimate of drug-likeness (QED) is 0.237. The summed E-state index contributed by atoms with van der Waals surface area (Å²) in [5.41, 5.74) is 0. The summed E-state index contributed by atoms with van der Waals surface area (Å²) < 4.78 is 0. The van der Waals surface area contributed by atoms with Gasteiger partial charge in [-0.25, -0.2) is 0 Å². The fraction of sp³-hybridized carbons (Fsp3) is 0.765. The molecule has 0 aliphatic carbocycles. The summed E-state index contributed by atoms with van der Waals surface area (Å²) in [6.07, 6.45) is 21.0. The summed E-state index contributed by atoms with van der Waals surface area (Å²) in [6.45, 7) is 2.26. The van der Waals surface area contributed by atoms with Crippen molar-refractivity contribution < 1.29 is 10.2 Å². The summed E-state index contributed by atoms with van der Waals surface area (Å²) in [6, 6.07) is 0. The Morgan fingerprint density at radius 1 is 0.737 bits per heavy atom. The molecule has 0 aromatic carbocycles. The van der Waals surface area contributed by atoms with Crippen molar-refractivity contribution in [1.29, 1.82) is 0 Å². The third kappa shape index (κ3) is 17.1. The van der Waals surface area contributed by atoms with Crippen molar-refractivity contribution in [2.24, 2.45) is 0 Å². The molecule has 2 nitrogen and oxygen atoms in total. The first-order valence-electron chi connectivity index (χ1n) is 8.02. The first-order valence-corrected chi connectivity index (χ1v) is 8.02. The van der Waals surface area contributed by atoms with Crippen LogP contribution in [0.1, 0.15) is 84.0 Å². The Balaban J connectivity index is 3.07. The fourth-order valence-corrected chi connectivity index (χ4v) is 2.18. The standard InChI is InChI=1S/C17H32O2/c1-2-3-4-5-6-7-8-9-10-11-12-13-14-15-16-17(18)19/h14-16,18-19H,2-13H2,1H3. The fourth-order valence-electron chi connectivity index (χ4n) is 2.18. The Morgan fingerprint density at radius 3 is 1.68 bits per heavy atom. The lowest BCUT2D eigenvalue weighted by Crippen LogP contribution is -1.82. The van der Waals surface area contributed by atoms with Crippen LogP contribution in [0.5, 0.6) is 0 Å². The first-order chi connectivity index (χ1) is 9.27. The van der Waals surface area contributed by atoms with Crippen molar-refractivity contribution in [3.8, 4) is 0 Å².